The van der Waals surface area contributed by atoms with Crippen molar-refractivity contribution in [3.8, 4) is 0 Å². The van der Waals surface area contributed by atoms with Crippen molar-refractivity contribution in [2.45, 2.75) is 58.8 Å². The molecule has 0 unspecified atom stereocenters. The maximum atomic E-state index is 12.0. The van der Waals surface area contributed by atoms with Crippen LogP contribution in [0.1, 0.15) is 58.8 Å². The third-order valence-electron chi connectivity index (χ3n) is 3.61. The van der Waals surface area contributed by atoms with Gasteiger partial charge in [0.15, 0.2) is 0 Å². The Morgan fingerprint density at radius 3 is 2.05 bits per heavy atom. The number of carbonyl (C=O) groups excluding carboxylic acids is 4. The molecule has 6 nitrogen and oxygen atoms in total. The van der Waals surface area contributed by atoms with Crippen molar-refractivity contribution in [2.75, 3.05) is 13.1 Å². The minimum absolute atomic E-state index is 0.283. The van der Waals surface area contributed by atoms with Crippen LogP contribution in [0, 0.1) is 0 Å². The van der Waals surface area contributed by atoms with E-state index in [1.165, 1.54) is 26.2 Å². The molecule has 1 aliphatic heterocycles. The van der Waals surface area contributed by atoms with E-state index in [0.717, 1.165) is 29.1 Å². The Labute approximate surface area is 125 Å². The highest BCUT2D eigenvalue weighted by molar-refractivity contribution is 6.08. The van der Waals surface area contributed by atoms with Crippen LogP contribution in [0.15, 0.2) is 0 Å². The van der Waals surface area contributed by atoms with Crippen LogP contribution in [0.5, 0.6) is 0 Å². The average Bonchev–Trinajstić information content (AvgIpc) is 2.44. The Kier molecular flexibility index (Phi) is 7.05. The molecule has 0 aromatic rings. The first-order chi connectivity index (χ1) is 9.97. The topological polar surface area (TPSA) is 74.8 Å². The molecule has 0 radical (unpaired) electrons. The lowest BCUT2D eigenvalue weighted by atomic mass is 10.1. The Morgan fingerprint density at radius 1 is 0.905 bits per heavy atom. The highest BCUT2D eigenvalue weighted by Gasteiger charge is 2.35. The van der Waals surface area contributed by atoms with Crippen LogP contribution in [0.4, 0.5) is 0 Å². The molecule has 0 aromatic carbocycles. The first-order valence-corrected chi connectivity index (χ1v) is 7.61. The quantitative estimate of drug-likeness (QED) is 0.667. The van der Waals surface area contributed by atoms with E-state index in [1.807, 2.05) is 0 Å². The molecule has 6 heteroatoms. The molecule has 0 N–H and O–H groups in total. The predicted octanol–water partition coefficient (Wildman–Crippen LogP) is 1.48. The van der Waals surface area contributed by atoms with Gasteiger partial charge in [-0.05, 0) is 6.42 Å². The minimum atomic E-state index is -0.488. The molecule has 4 amide bonds. The van der Waals surface area contributed by atoms with E-state index in [2.05, 4.69) is 6.92 Å². The van der Waals surface area contributed by atoms with Crippen LogP contribution in [-0.2, 0) is 19.2 Å². The second-order valence-corrected chi connectivity index (χ2v) is 5.39. The standard InChI is InChI=1S/C15H24N2O4/c1-3-4-5-6-7-8-9-13(19)17-11-14(20)16(12(2)18)10-15(17)21/h3-11H2,1-2H3. The second kappa shape index (κ2) is 8.54. The lowest BCUT2D eigenvalue weighted by molar-refractivity contribution is -0.161. The van der Waals surface area contributed by atoms with E-state index in [9.17, 15) is 19.2 Å². The van der Waals surface area contributed by atoms with Crippen molar-refractivity contribution >= 4 is 23.6 Å². The van der Waals surface area contributed by atoms with Crippen LogP contribution >= 0.6 is 0 Å². The largest absolute Gasteiger partial charge is 0.275 e. The molecular formula is C15H24N2O4. The van der Waals surface area contributed by atoms with E-state index in [0.29, 0.717) is 0 Å². The zero-order chi connectivity index (χ0) is 15.8. The summed E-state index contributed by atoms with van der Waals surface area (Å²) in [4.78, 5) is 48.5. The fourth-order valence-electron chi connectivity index (χ4n) is 2.32. The zero-order valence-electron chi connectivity index (χ0n) is 12.9. The molecule has 0 aromatic heterocycles. The van der Waals surface area contributed by atoms with E-state index >= 15 is 0 Å². The van der Waals surface area contributed by atoms with Gasteiger partial charge in [-0.25, -0.2) is 0 Å². The summed E-state index contributed by atoms with van der Waals surface area (Å²) in [6, 6.07) is 0. The monoisotopic (exact) mass is 296 g/mol. The summed E-state index contributed by atoms with van der Waals surface area (Å²) < 4.78 is 0. The van der Waals surface area contributed by atoms with Crippen LogP contribution < -0.4 is 0 Å². The normalized spacial score (nSPS) is 15.5. The van der Waals surface area contributed by atoms with E-state index in [1.54, 1.807) is 0 Å². The third-order valence-corrected chi connectivity index (χ3v) is 3.61. The van der Waals surface area contributed by atoms with Crippen LogP contribution in [0.25, 0.3) is 0 Å². The molecule has 0 saturated carbocycles. The van der Waals surface area contributed by atoms with Crippen molar-refractivity contribution in [1.29, 1.82) is 0 Å². The number of nitrogens with zero attached hydrogens (tertiary/aromatic N) is 2. The summed E-state index contributed by atoms with van der Waals surface area (Å²) in [5, 5.41) is 0. The molecule has 0 aliphatic carbocycles. The first kappa shape index (κ1) is 17.3. The fraction of sp³-hybridized carbons (Fsp3) is 0.733. The first-order valence-electron chi connectivity index (χ1n) is 7.61. The van der Waals surface area contributed by atoms with E-state index in [-0.39, 0.29) is 25.4 Å². The van der Waals surface area contributed by atoms with Gasteiger partial charge in [-0.1, -0.05) is 39.0 Å². The molecule has 0 spiro atoms. The molecule has 0 bridgehead atoms. The molecule has 1 heterocycles. The lowest BCUT2D eigenvalue weighted by Gasteiger charge is -2.30. The van der Waals surface area contributed by atoms with Crippen molar-refractivity contribution in [2.24, 2.45) is 0 Å². The molecule has 21 heavy (non-hydrogen) atoms. The van der Waals surface area contributed by atoms with Gasteiger partial charge < -0.3 is 0 Å². The molecule has 1 rings (SSSR count). The van der Waals surface area contributed by atoms with Gasteiger partial charge in [0.05, 0.1) is 0 Å². The number of hydrogen-bond acceptors (Lipinski definition) is 4. The third kappa shape index (κ3) is 5.28. The highest BCUT2D eigenvalue weighted by Crippen LogP contribution is 2.11. The zero-order valence-corrected chi connectivity index (χ0v) is 12.9. The summed E-state index contributed by atoms with van der Waals surface area (Å²) >= 11 is 0. The minimum Gasteiger partial charge on any atom is -0.275 e. The number of carbonyl (C=O) groups is 4. The van der Waals surface area contributed by atoms with Gasteiger partial charge in [0.1, 0.15) is 13.1 Å². The average molecular weight is 296 g/mol. The van der Waals surface area contributed by atoms with Gasteiger partial charge in [-0.2, -0.15) is 0 Å². The SMILES string of the molecule is CCCCCCCCC(=O)N1CC(=O)N(C(C)=O)CC1=O. The number of imide groups is 2. The molecule has 1 fully saturated rings. The Morgan fingerprint density at radius 2 is 1.43 bits per heavy atom. The summed E-state index contributed by atoms with van der Waals surface area (Å²) in [7, 11) is 0. The van der Waals surface area contributed by atoms with Crippen molar-refractivity contribution in [3.63, 3.8) is 0 Å². The maximum Gasteiger partial charge on any atom is 0.249 e. The number of hydrogen-bond donors (Lipinski definition) is 0. The van der Waals surface area contributed by atoms with Crippen molar-refractivity contribution in [3.05, 3.63) is 0 Å². The Balaban J connectivity index is 2.36. The lowest BCUT2D eigenvalue weighted by Crippen LogP contribution is -2.56. The summed E-state index contributed by atoms with van der Waals surface area (Å²) in [6.07, 6.45) is 6.61. The van der Waals surface area contributed by atoms with Gasteiger partial charge in [0, 0.05) is 13.3 Å². The molecule has 0 atom stereocenters. The summed E-state index contributed by atoms with van der Waals surface area (Å²) in [5.74, 6) is -1.73. The molecule has 1 saturated heterocycles. The summed E-state index contributed by atoms with van der Waals surface area (Å²) in [5.41, 5.74) is 0. The summed E-state index contributed by atoms with van der Waals surface area (Å²) in [6.45, 7) is 2.75. The number of piperazine rings is 1. The molecule has 1 aliphatic rings. The molecular weight excluding hydrogens is 272 g/mol. The van der Waals surface area contributed by atoms with Crippen molar-refractivity contribution in [1.82, 2.24) is 9.80 Å². The van der Waals surface area contributed by atoms with E-state index in [4.69, 9.17) is 0 Å². The molecule has 118 valence electrons. The highest BCUT2D eigenvalue weighted by atomic mass is 16.2. The second-order valence-electron chi connectivity index (χ2n) is 5.39. The number of amides is 4. The van der Waals surface area contributed by atoms with Crippen molar-refractivity contribution < 1.29 is 19.2 Å². The number of rotatable bonds is 7. The van der Waals surface area contributed by atoms with Gasteiger partial charge in [0.2, 0.25) is 23.6 Å². The number of unbranched alkanes of at least 4 members (excludes halogenated alkanes) is 5. The van der Waals surface area contributed by atoms with Gasteiger partial charge in [-0.15, -0.1) is 0 Å². The van der Waals surface area contributed by atoms with E-state index < -0.39 is 17.7 Å². The van der Waals surface area contributed by atoms with Crippen LogP contribution in [0.3, 0.4) is 0 Å². The Bertz CT molecular complexity index is 420. The van der Waals surface area contributed by atoms with Gasteiger partial charge >= 0.3 is 0 Å². The smallest absolute Gasteiger partial charge is 0.249 e. The fourth-order valence-corrected chi connectivity index (χ4v) is 2.32. The van der Waals surface area contributed by atoms with Crippen LogP contribution in [0.2, 0.25) is 0 Å². The van der Waals surface area contributed by atoms with Gasteiger partial charge in [0.25, 0.3) is 0 Å². The Hall–Kier alpha value is -1.72. The maximum absolute atomic E-state index is 12.0. The van der Waals surface area contributed by atoms with Gasteiger partial charge in [-0.3, -0.25) is 29.0 Å². The van der Waals surface area contributed by atoms with Crippen LogP contribution in [-0.4, -0.2) is 46.5 Å². The predicted molar refractivity (Wildman–Crippen MR) is 77.1 cm³/mol.